The van der Waals surface area contributed by atoms with Crippen molar-refractivity contribution < 1.29 is 14.5 Å². The number of ether oxygens (including phenoxy) is 1. The minimum atomic E-state index is -0.615. The van der Waals surface area contributed by atoms with Gasteiger partial charge in [0.2, 0.25) is 0 Å². The average molecular weight is 396 g/mol. The van der Waals surface area contributed by atoms with Gasteiger partial charge in [-0.25, -0.2) is 0 Å². The van der Waals surface area contributed by atoms with E-state index in [1.807, 2.05) is 31.2 Å². The number of benzene rings is 2. The lowest BCUT2D eigenvalue weighted by molar-refractivity contribution is -0.385. The summed E-state index contributed by atoms with van der Waals surface area (Å²) in [6, 6.07) is 13.3. The number of nitro groups is 1. The van der Waals surface area contributed by atoms with Crippen molar-refractivity contribution in [2.24, 2.45) is 0 Å². The second-order valence-electron chi connectivity index (χ2n) is 5.88. The summed E-state index contributed by atoms with van der Waals surface area (Å²) in [6.07, 6.45) is 0. The van der Waals surface area contributed by atoms with Crippen LogP contribution in [0.2, 0.25) is 0 Å². The Kier molecular flexibility index (Phi) is 5.46. The highest BCUT2D eigenvalue weighted by atomic mass is 32.1. The van der Waals surface area contributed by atoms with Crippen LogP contribution in [0.15, 0.2) is 48.5 Å². The number of methoxy groups -OCH3 is 1. The Hall–Kier alpha value is -3.59. The molecule has 0 radical (unpaired) electrons. The normalized spacial score (nSPS) is 10.4. The Morgan fingerprint density at radius 1 is 1.21 bits per heavy atom. The number of carbonyl (C=O) groups excluding carboxylic acids is 1. The number of anilines is 1. The monoisotopic (exact) mass is 396 g/mol. The molecular formula is C19H16N4O4S. The Morgan fingerprint density at radius 2 is 2.00 bits per heavy atom. The highest BCUT2D eigenvalue weighted by Gasteiger charge is 2.19. The Labute approximate surface area is 165 Å². The molecule has 0 saturated heterocycles. The second kappa shape index (κ2) is 7.97. The van der Waals surface area contributed by atoms with Gasteiger partial charge in [0.15, 0.2) is 10.9 Å². The fourth-order valence-corrected chi connectivity index (χ4v) is 2.85. The predicted octanol–water partition coefficient (Wildman–Crippen LogP) is 3.59. The van der Waals surface area contributed by atoms with Crippen molar-refractivity contribution in [3.05, 3.63) is 69.9 Å². The van der Waals surface area contributed by atoms with Gasteiger partial charge in [0, 0.05) is 22.7 Å². The molecule has 3 aromatic rings. The number of rotatable bonds is 4. The maximum Gasteiger partial charge on any atom is 0.311 e. The molecule has 0 saturated carbocycles. The molecule has 0 fully saturated rings. The number of fused-ring (bicyclic) bond motifs is 1. The third kappa shape index (κ3) is 4.04. The number of nitrogens with one attached hydrogen (secondary N) is 2. The van der Waals surface area contributed by atoms with Gasteiger partial charge in [-0.2, -0.15) is 0 Å². The predicted molar refractivity (Wildman–Crippen MR) is 110 cm³/mol. The fourth-order valence-electron chi connectivity index (χ4n) is 2.65. The maximum atomic E-state index is 12.4. The molecule has 0 aliphatic heterocycles. The van der Waals surface area contributed by atoms with Crippen LogP contribution in [0.1, 0.15) is 16.1 Å². The van der Waals surface area contributed by atoms with Crippen molar-refractivity contribution >= 4 is 45.5 Å². The van der Waals surface area contributed by atoms with Crippen LogP contribution in [0.4, 0.5) is 11.4 Å². The fraction of sp³-hybridized carbons (Fsp3) is 0.105. The van der Waals surface area contributed by atoms with Gasteiger partial charge in [0.05, 0.1) is 23.2 Å². The number of amides is 1. The number of nitro benzene ring substituents is 1. The van der Waals surface area contributed by atoms with Gasteiger partial charge in [-0.15, -0.1) is 0 Å². The number of carbonyl (C=O) groups is 1. The minimum Gasteiger partial charge on any atom is -0.490 e. The lowest BCUT2D eigenvalue weighted by Gasteiger charge is -2.12. The Morgan fingerprint density at radius 3 is 2.71 bits per heavy atom. The van der Waals surface area contributed by atoms with E-state index in [4.69, 9.17) is 17.0 Å². The number of hydrogen-bond donors (Lipinski definition) is 2. The number of aromatic nitrogens is 1. The first-order valence-corrected chi connectivity index (χ1v) is 8.61. The second-order valence-corrected chi connectivity index (χ2v) is 6.29. The Bertz CT molecular complexity index is 1100. The van der Waals surface area contributed by atoms with Gasteiger partial charge in [-0.1, -0.05) is 18.2 Å². The van der Waals surface area contributed by atoms with Crippen LogP contribution < -0.4 is 15.4 Å². The molecule has 8 nitrogen and oxygen atoms in total. The number of para-hydroxylation sites is 1. The van der Waals surface area contributed by atoms with Gasteiger partial charge < -0.3 is 10.1 Å². The van der Waals surface area contributed by atoms with Crippen LogP contribution in [0, 0.1) is 17.0 Å². The molecule has 1 aromatic heterocycles. The summed E-state index contributed by atoms with van der Waals surface area (Å²) in [5.41, 5.74) is 2.00. The molecule has 0 unspecified atom stereocenters. The van der Waals surface area contributed by atoms with Crippen molar-refractivity contribution in [3.8, 4) is 5.75 Å². The molecule has 28 heavy (non-hydrogen) atoms. The largest absolute Gasteiger partial charge is 0.490 e. The van der Waals surface area contributed by atoms with Crippen LogP contribution in [0.5, 0.6) is 5.75 Å². The number of hydrogen-bond acceptors (Lipinski definition) is 6. The van der Waals surface area contributed by atoms with E-state index in [1.54, 1.807) is 6.07 Å². The number of aryl methyl sites for hydroxylation is 1. The molecule has 0 atom stereocenters. The molecule has 3 rings (SSSR count). The molecule has 2 N–H and O–H groups in total. The first-order valence-electron chi connectivity index (χ1n) is 8.20. The van der Waals surface area contributed by atoms with Crippen molar-refractivity contribution in [1.82, 2.24) is 10.3 Å². The highest BCUT2D eigenvalue weighted by Crippen LogP contribution is 2.27. The summed E-state index contributed by atoms with van der Waals surface area (Å²) < 4.78 is 4.93. The molecule has 0 spiro atoms. The van der Waals surface area contributed by atoms with Gasteiger partial charge in [0.25, 0.3) is 5.91 Å². The minimum absolute atomic E-state index is 0.0549. The standard InChI is InChI=1S/C19H16N4O4S/c1-11-6-7-12-4-3-5-14(17(12)20-11)21-19(28)22-18(24)13-8-9-16(27-2)15(10-13)23(25)26/h3-10H,1-2H3,(H2,21,22,24,28). The van der Waals surface area contributed by atoms with Gasteiger partial charge in [-0.05, 0) is 43.4 Å². The molecule has 0 aliphatic rings. The van der Waals surface area contributed by atoms with Crippen molar-refractivity contribution in [2.75, 3.05) is 12.4 Å². The van der Waals surface area contributed by atoms with E-state index in [-0.39, 0.29) is 22.1 Å². The summed E-state index contributed by atoms with van der Waals surface area (Å²) >= 11 is 5.21. The third-order valence-electron chi connectivity index (χ3n) is 3.97. The van der Waals surface area contributed by atoms with Crippen molar-refractivity contribution in [3.63, 3.8) is 0 Å². The number of nitrogens with zero attached hydrogens (tertiary/aromatic N) is 2. The molecular weight excluding hydrogens is 380 g/mol. The van der Waals surface area contributed by atoms with Crippen LogP contribution in [-0.2, 0) is 0 Å². The van der Waals surface area contributed by atoms with Crippen LogP contribution >= 0.6 is 12.2 Å². The lowest BCUT2D eigenvalue weighted by atomic mass is 10.1. The SMILES string of the molecule is COc1ccc(C(=O)NC(=S)Nc2cccc3ccc(C)nc23)cc1[N+](=O)[O-]. The highest BCUT2D eigenvalue weighted by molar-refractivity contribution is 7.80. The van der Waals surface area contributed by atoms with E-state index in [2.05, 4.69) is 15.6 Å². The molecule has 1 amide bonds. The van der Waals surface area contributed by atoms with Crippen LogP contribution in [0.3, 0.4) is 0 Å². The van der Waals surface area contributed by atoms with E-state index in [9.17, 15) is 14.9 Å². The summed E-state index contributed by atoms with van der Waals surface area (Å²) in [5.74, 6) is -0.507. The molecule has 2 aromatic carbocycles. The van der Waals surface area contributed by atoms with Crippen molar-refractivity contribution in [1.29, 1.82) is 0 Å². The zero-order valence-corrected chi connectivity index (χ0v) is 15.9. The summed E-state index contributed by atoms with van der Waals surface area (Å²) in [6.45, 7) is 1.88. The van der Waals surface area contributed by atoms with E-state index in [1.165, 1.54) is 19.2 Å². The number of pyridine rings is 1. The lowest BCUT2D eigenvalue weighted by Crippen LogP contribution is -2.34. The first kappa shape index (κ1) is 19.2. The molecule has 0 aliphatic carbocycles. The quantitative estimate of drug-likeness (QED) is 0.394. The first-order chi connectivity index (χ1) is 13.4. The Balaban J connectivity index is 1.79. The van der Waals surface area contributed by atoms with Crippen LogP contribution in [-0.4, -0.2) is 28.0 Å². The summed E-state index contributed by atoms with van der Waals surface area (Å²) in [4.78, 5) is 27.4. The molecule has 1 heterocycles. The molecule has 9 heteroatoms. The van der Waals surface area contributed by atoms with Gasteiger partial charge in [0.1, 0.15) is 0 Å². The zero-order valence-electron chi connectivity index (χ0n) is 15.1. The van der Waals surface area contributed by atoms with Gasteiger partial charge >= 0.3 is 5.69 Å². The zero-order chi connectivity index (χ0) is 20.3. The summed E-state index contributed by atoms with van der Waals surface area (Å²) in [5, 5.41) is 17.6. The molecule has 0 bridgehead atoms. The van der Waals surface area contributed by atoms with E-state index >= 15 is 0 Å². The van der Waals surface area contributed by atoms with Gasteiger partial charge in [-0.3, -0.25) is 25.2 Å². The third-order valence-corrected chi connectivity index (χ3v) is 4.18. The topological polar surface area (TPSA) is 106 Å². The van der Waals surface area contributed by atoms with E-state index in [0.29, 0.717) is 5.69 Å². The number of thiocarbonyl (C=S) groups is 1. The average Bonchev–Trinajstić information content (AvgIpc) is 2.67. The van der Waals surface area contributed by atoms with E-state index < -0.39 is 10.8 Å². The van der Waals surface area contributed by atoms with Crippen molar-refractivity contribution in [2.45, 2.75) is 6.92 Å². The molecule has 142 valence electrons. The maximum absolute atomic E-state index is 12.4. The smallest absolute Gasteiger partial charge is 0.311 e. The van der Waals surface area contributed by atoms with E-state index in [0.717, 1.165) is 22.7 Å². The summed E-state index contributed by atoms with van der Waals surface area (Å²) in [7, 11) is 1.32. The van der Waals surface area contributed by atoms with Crippen LogP contribution in [0.25, 0.3) is 10.9 Å².